The van der Waals surface area contributed by atoms with Crippen molar-refractivity contribution in [3.05, 3.63) is 12.2 Å². The van der Waals surface area contributed by atoms with E-state index in [2.05, 4.69) is 33.1 Å². The first-order chi connectivity index (χ1) is 5.04. The van der Waals surface area contributed by atoms with Gasteiger partial charge < -0.3 is 0 Å². The van der Waals surface area contributed by atoms with Crippen LogP contribution in [-0.4, -0.2) is 5.25 Å². The average molecular weight is 174 g/mol. The summed E-state index contributed by atoms with van der Waals surface area (Å²) < 4.78 is 0. The summed E-state index contributed by atoms with van der Waals surface area (Å²) in [7, 11) is 0. The van der Waals surface area contributed by atoms with Crippen molar-refractivity contribution in [2.75, 3.05) is 0 Å². The fourth-order valence-electron chi connectivity index (χ4n) is 0.648. The molecule has 1 unspecified atom stereocenters. The molecule has 68 valence electrons. The third-order valence-electron chi connectivity index (χ3n) is 1.26. The molecule has 11 heavy (non-hydrogen) atoms. The van der Waals surface area contributed by atoms with Crippen molar-refractivity contribution < 1.29 is 0 Å². The molecule has 0 aromatic carbocycles. The van der Waals surface area contributed by atoms with E-state index in [4.69, 9.17) is 0 Å². The van der Waals surface area contributed by atoms with E-state index in [1.54, 1.807) is 0 Å². The van der Waals surface area contributed by atoms with Crippen molar-refractivity contribution in [1.82, 2.24) is 0 Å². The van der Waals surface area contributed by atoms with Crippen LogP contribution < -0.4 is 0 Å². The van der Waals surface area contributed by atoms with Crippen LogP contribution in [0.15, 0.2) is 12.2 Å². The van der Waals surface area contributed by atoms with Crippen LogP contribution in [0.5, 0.6) is 0 Å². The minimum atomic E-state index is 0.394. The smallest absolute Gasteiger partial charge is 0.0223 e. The van der Waals surface area contributed by atoms with Crippen LogP contribution in [-0.2, 0) is 0 Å². The largest absolute Gasteiger partial charge is 0.171 e. The van der Waals surface area contributed by atoms with Gasteiger partial charge in [-0.15, -0.1) is 0 Å². The first-order valence-electron chi connectivity index (χ1n) is 4.37. The lowest BCUT2D eigenvalue weighted by atomic mass is 10.0. The quantitative estimate of drug-likeness (QED) is 0.486. The molecule has 0 rings (SSSR count). The second kappa shape index (κ2) is 8.19. The molecule has 0 aliphatic rings. The SMILES string of the molecule is C=C(C)C(S)CC(C)C.CC. The molecule has 1 atom stereocenters. The Morgan fingerprint density at radius 1 is 1.36 bits per heavy atom. The summed E-state index contributed by atoms with van der Waals surface area (Å²) in [6.07, 6.45) is 1.14. The van der Waals surface area contributed by atoms with Crippen molar-refractivity contribution in [3.8, 4) is 0 Å². The van der Waals surface area contributed by atoms with Gasteiger partial charge in [-0.25, -0.2) is 0 Å². The van der Waals surface area contributed by atoms with Gasteiger partial charge in [-0.05, 0) is 19.3 Å². The Kier molecular flexibility index (Phi) is 10.2. The van der Waals surface area contributed by atoms with Gasteiger partial charge in [0.05, 0.1) is 0 Å². The average Bonchev–Trinajstić information content (AvgIpc) is 1.90. The van der Waals surface area contributed by atoms with Gasteiger partial charge in [-0.2, -0.15) is 12.6 Å². The Morgan fingerprint density at radius 3 is 1.82 bits per heavy atom. The van der Waals surface area contributed by atoms with Crippen LogP contribution in [0.4, 0.5) is 0 Å². The highest BCUT2D eigenvalue weighted by Gasteiger charge is 2.04. The van der Waals surface area contributed by atoms with E-state index in [9.17, 15) is 0 Å². The van der Waals surface area contributed by atoms with Gasteiger partial charge in [0.1, 0.15) is 0 Å². The third kappa shape index (κ3) is 10.1. The lowest BCUT2D eigenvalue weighted by Crippen LogP contribution is -2.03. The zero-order valence-corrected chi connectivity index (χ0v) is 9.41. The second-order valence-corrected chi connectivity index (χ2v) is 3.62. The highest BCUT2D eigenvalue weighted by molar-refractivity contribution is 7.81. The highest BCUT2D eigenvalue weighted by Crippen LogP contribution is 2.15. The first-order valence-corrected chi connectivity index (χ1v) is 4.89. The van der Waals surface area contributed by atoms with Gasteiger partial charge in [-0.1, -0.05) is 39.8 Å². The van der Waals surface area contributed by atoms with Crippen LogP contribution in [0, 0.1) is 5.92 Å². The molecule has 0 aromatic heterocycles. The van der Waals surface area contributed by atoms with Crippen LogP contribution in [0.3, 0.4) is 0 Å². The van der Waals surface area contributed by atoms with Gasteiger partial charge in [0.2, 0.25) is 0 Å². The monoisotopic (exact) mass is 174 g/mol. The van der Waals surface area contributed by atoms with E-state index in [0.717, 1.165) is 12.3 Å². The molecule has 0 nitrogen and oxygen atoms in total. The van der Waals surface area contributed by atoms with Crippen molar-refractivity contribution in [1.29, 1.82) is 0 Å². The maximum atomic E-state index is 4.36. The maximum Gasteiger partial charge on any atom is 0.0223 e. The zero-order valence-electron chi connectivity index (χ0n) is 8.52. The Labute approximate surface area is 77.5 Å². The molecule has 1 heteroatoms. The summed E-state index contributed by atoms with van der Waals surface area (Å²) in [4.78, 5) is 0. The summed E-state index contributed by atoms with van der Waals surface area (Å²) >= 11 is 4.36. The Hall–Kier alpha value is 0.0900. The zero-order chi connectivity index (χ0) is 9.44. The predicted octanol–water partition coefficient (Wildman–Crippen LogP) is 3.93. The predicted molar refractivity (Wildman–Crippen MR) is 58.4 cm³/mol. The summed E-state index contributed by atoms with van der Waals surface area (Å²) in [5.41, 5.74) is 1.17. The summed E-state index contributed by atoms with van der Waals surface area (Å²) in [5, 5.41) is 0.394. The number of hydrogen-bond acceptors (Lipinski definition) is 1. The van der Waals surface area contributed by atoms with Crippen LogP contribution >= 0.6 is 12.6 Å². The molecule has 0 saturated heterocycles. The fraction of sp³-hybridized carbons (Fsp3) is 0.800. The standard InChI is InChI=1S/C8H16S.C2H6/c1-6(2)5-8(9)7(3)4;1-2/h6,8-9H,3,5H2,1-2,4H3;1-2H3. The molecular weight excluding hydrogens is 152 g/mol. The molecule has 0 saturated carbocycles. The lowest BCUT2D eigenvalue weighted by Gasteiger charge is -2.11. The van der Waals surface area contributed by atoms with E-state index in [1.807, 2.05) is 20.8 Å². The van der Waals surface area contributed by atoms with Crippen LogP contribution in [0.1, 0.15) is 41.0 Å². The normalized spacial score (nSPS) is 11.9. The van der Waals surface area contributed by atoms with Crippen LogP contribution in [0.25, 0.3) is 0 Å². The molecule has 0 aromatic rings. The van der Waals surface area contributed by atoms with Crippen molar-refractivity contribution in [3.63, 3.8) is 0 Å². The topological polar surface area (TPSA) is 0 Å². The molecule has 0 aliphatic carbocycles. The Morgan fingerprint density at radius 2 is 1.73 bits per heavy atom. The molecule has 0 aliphatic heterocycles. The molecule has 0 fully saturated rings. The minimum Gasteiger partial charge on any atom is -0.171 e. The van der Waals surface area contributed by atoms with Crippen LogP contribution in [0.2, 0.25) is 0 Å². The minimum absolute atomic E-state index is 0.394. The number of rotatable bonds is 3. The molecular formula is C10H22S. The van der Waals surface area contributed by atoms with E-state index >= 15 is 0 Å². The van der Waals surface area contributed by atoms with Crippen molar-refractivity contribution >= 4 is 12.6 Å². The van der Waals surface area contributed by atoms with Crippen molar-refractivity contribution in [2.45, 2.75) is 46.3 Å². The molecule has 0 radical (unpaired) electrons. The van der Waals surface area contributed by atoms with Gasteiger partial charge in [0.15, 0.2) is 0 Å². The Bertz CT molecular complexity index is 95.0. The van der Waals surface area contributed by atoms with E-state index in [0.29, 0.717) is 5.25 Å². The van der Waals surface area contributed by atoms with Crippen molar-refractivity contribution in [2.24, 2.45) is 5.92 Å². The van der Waals surface area contributed by atoms with Gasteiger partial charge in [0, 0.05) is 5.25 Å². The van der Waals surface area contributed by atoms with Gasteiger partial charge in [0.25, 0.3) is 0 Å². The highest BCUT2D eigenvalue weighted by atomic mass is 32.1. The first kappa shape index (κ1) is 13.7. The molecule has 0 N–H and O–H groups in total. The third-order valence-corrected chi connectivity index (χ3v) is 1.92. The van der Waals surface area contributed by atoms with E-state index in [1.165, 1.54) is 5.57 Å². The molecule has 0 heterocycles. The maximum absolute atomic E-state index is 4.36. The number of thiol groups is 1. The summed E-state index contributed by atoms with van der Waals surface area (Å²) in [5.74, 6) is 0.726. The van der Waals surface area contributed by atoms with Gasteiger partial charge >= 0.3 is 0 Å². The second-order valence-electron chi connectivity index (χ2n) is 2.99. The van der Waals surface area contributed by atoms with Gasteiger partial charge in [-0.3, -0.25) is 0 Å². The number of hydrogen-bond donors (Lipinski definition) is 1. The summed E-state index contributed by atoms with van der Waals surface area (Å²) in [6.45, 7) is 14.3. The lowest BCUT2D eigenvalue weighted by molar-refractivity contribution is 0.594. The van der Waals surface area contributed by atoms with E-state index < -0.39 is 0 Å². The van der Waals surface area contributed by atoms with E-state index in [-0.39, 0.29) is 0 Å². The Balaban J connectivity index is 0. The summed E-state index contributed by atoms with van der Waals surface area (Å²) in [6, 6.07) is 0. The molecule has 0 amide bonds. The molecule has 0 bridgehead atoms. The fourth-order valence-corrected chi connectivity index (χ4v) is 1.07. The molecule has 0 spiro atoms.